The first-order valence-electron chi connectivity index (χ1n) is 9.24. The number of fused-ring (bicyclic) bond motifs is 2. The number of hydrogen-bond donors (Lipinski definition) is 2. The van der Waals surface area contributed by atoms with Crippen LogP contribution in [0, 0.1) is 0 Å². The van der Waals surface area contributed by atoms with Crippen LogP contribution < -0.4 is 14.8 Å². The molecule has 0 bridgehead atoms. The standard InChI is InChI=1S/C20H20N4O4/c25-20(13-1-4-17-18(9-13)28-12-27-17)21-14-2-3-15-16(10-14)23-19(22-15)11-24-5-7-26-8-6-24/h1-4,9-10H,5-8,11-12H2,(H,21,25)(H,22,23). The molecule has 0 aliphatic carbocycles. The van der Waals surface area contributed by atoms with Crippen LogP contribution in [0.15, 0.2) is 36.4 Å². The van der Waals surface area contributed by atoms with E-state index in [1.54, 1.807) is 18.2 Å². The molecule has 5 rings (SSSR count). The van der Waals surface area contributed by atoms with Gasteiger partial charge < -0.3 is 24.5 Å². The molecule has 2 N–H and O–H groups in total. The van der Waals surface area contributed by atoms with Gasteiger partial charge in [0.15, 0.2) is 11.5 Å². The van der Waals surface area contributed by atoms with Gasteiger partial charge in [-0.2, -0.15) is 0 Å². The Morgan fingerprint density at radius 2 is 1.96 bits per heavy atom. The van der Waals surface area contributed by atoms with Crippen LogP contribution in [-0.2, 0) is 11.3 Å². The number of carbonyl (C=O) groups is 1. The van der Waals surface area contributed by atoms with E-state index in [0.717, 1.165) is 49.7 Å². The SMILES string of the molecule is O=C(Nc1ccc2nc(CN3CCOCC3)[nH]c2c1)c1ccc2c(c1)OCO2. The summed E-state index contributed by atoms with van der Waals surface area (Å²) in [4.78, 5) is 22.9. The second-order valence-electron chi connectivity index (χ2n) is 6.83. The van der Waals surface area contributed by atoms with Gasteiger partial charge in [-0.25, -0.2) is 4.98 Å². The third kappa shape index (κ3) is 3.39. The van der Waals surface area contributed by atoms with Crippen molar-refractivity contribution in [3.63, 3.8) is 0 Å². The zero-order chi connectivity index (χ0) is 18.9. The number of benzene rings is 2. The van der Waals surface area contributed by atoms with Gasteiger partial charge in [0.05, 0.1) is 30.8 Å². The smallest absolute Gasteiger partial charge is 0.255 e. The molecular formula is C20H20N4O4. The van der Waals surface area contributed by atoms with Crippen LogP contribution in [0.4, 0.5) is 5.69 Å². The number of anilines is 1. The fourth-order valence-corrected chi connectivity index (χ4v) is 3.43. The van der Waals surface area contributed by atoms with Crippen LogP contribution >= 0.6 is 0 Å². The van der Waals surface area contributed by atoms with Gasteiger partial charge in [0.1, 0.15) is 5.82 Å². The molecule has 1 saturated heterocycles. The molecule has 0 unspecified atom stereocenters. The number of imidazole rings is 1. The summed E-state index contributed by atoms with van der Waals surface area (Å²) < 4.78 is 16.0. The van der Waals surface area contributed by atoms with Crippen LogP contribution in [0.2, 0.25) is 0 Å². The minimum Gasteiger partial charge on any atom is -0.454 e. The Morgan fingerprint density at radius 1 is 1.11 bits per heavy atom. The van der Waals surface area contributed by atoms with Crippen molar-refractivity contribution >= 4 is 22.6 Å². The summed E-state index contributed by atoms with van der Waals surface area (Å²) in [7, 11) is 0. The van der Waals surface area contributed by atoms with Crippen LogP contribution in [-0.4, -0.2) is 53.9 Å². The lowest BCUT2D eigenvalue weighted by molar-refractivity contribution is 0.0332. The number of aromatic amines is 1. The highest BCUT2D eigenvalue weighted by atomic mass is 16.7. The fraction of sp³-hybridized carbons (Fsp3) is 0.300. The molecule has 0 radical (unpaired) electrons. The van der Waals surface area contributed by atoms with Gasteiger partial charge in [-0.15, -0.1) is 0 Å². The zero-order valence-electron chi connectivity index (χ0n) is 15.2. The molecule has 2 aromatic carbocycles. The molecule has 1 aromatic heterocycles. The van der Waals surface area contributed by atoms with E-state index in [1.165, 1.54) is 0 Å². The summed E-state index contributed by atoms with van der Waals surface area (Å²) in [6.07, 6.45) is 0. The van der Waals surface area contributed by atoms with Gasteiger partial charge in [-0.1, -0.05) is 0 Å². The molecule has 2 aliphatic heterocycles. The fourth-order valence-electron chi connectivity index (χ4n) is 3.43. The lowest BCUT2D eigenvalue weighted by Crippen LogP contribution is -2.35. The zero-order valence-corrected chi connectivity index (χ0v) is 15.2. The quantitative estimate of drug-likeness (QED) is 0.723. The normalized spacial score (nSPS) is 16.4. The highest BCUT2D eigenvalue weighted by molar-refractivity contribution is 6.05. The average molecular weight is 380 g/mol. The van der Waals surface area contributed by atoms with Gasteiger partial charge in [0.2, 0.25) is 6.79 Å². The van der Waals surface area contributed by atoms with Crippen molar-refractivity contribution in [1.29, 1.82) is 0 Å². The summed E-state index contributed by atoms with van der Waals surface area (Å²) in [6, 6.07) is 10.8. The summed E-state index contributed by atoms with van der Waals surface area (Å²) in [6.45, 7) is 4.29. The maximum atomic E-state index is 12.6. The topological polar surface area (TPSA) is 88.7 Å². The highest BCUT2D eigenvalue weighted by Gasteiger charge is 2.17. The number of rotatable bonds is 4. The number of morpholine rings is 1. The first-order chi connectivity index (χ1) is 13.7. The number of ether oxygens (including phenoxy) is 3. The minimum atomic E-state index is -0.203. The van der Waals surface area contributed by atoms with Gasteiger partial charge >= 0.3 is 0 Å². The van der Waals surface area contributed by atoms with E-state index in [2.05, 4.69) is 20.2 Å². The predicted molar refractivity (Wildman–Crippen MR) is 103 cm³/mol. The number of aromatic nitrogens is 2. The van der Waals surface area contributed by atoms with Crippen molar-refractivity contribution in [3.8, 4) is 11.5 Å². The Kier molecular flexibility index (Phi) is 4.34. The second kappa shape index (κ2) is 7.14. The molecule has 1 amide bonds. The van der Waals surface area contributed by atoms with E-state index in [-0.39, 0.29) is 12.7 Å². The van der Waals surface area contributed by atoms with E-state index in [1.807, 2.05) is 18.2 Å². The Balaban J connectivity index is 1.31. The number of amides is 1. The molecule has 1 fully saturated rings. The van der Waals surface area contributed by atoms with Crippen LogP contribution in [0.5, 0.6) is 11.5 Å². The molecule has 144 valence electrons. The largest absolute Gasteiger partial charge is 0.454 e. The monoisotopic (exact) mass is 380 g/mol. The van der Waals surface area contributed by atoms with Crippen molar-refractivity contribution in [2.45, 2.75) is 6.54 Å². The minimum absolute atomic E-state index is 0.184. The highest BCUT2D eigenvalue weighted by Crippen LogP contribution is 2.32. The predicted octanol–water partition coefficient (Wildman–Crippen LogP) is 2.38. The molecule has 0 atom stereocenters. The third-order valence-electron chi connectivity index (χ3n) is 4.90. The Hall–Kier alpha value is -3.10. The van der Waals surface area contributed by atoms with E-state index < -0.39 is 0 Å². The number of hydrogen-bond acceptors (Lipinski definition) is 6. The Labute approximate surface area is 161 Å². The van der Waals surface area contributed by atoms with Gasteiger partial charge in [-0.3, -0.25) is 9.69 Å². The van der Waals surface area contributed by atoms with Gasteiger partial charge in [0, 0.05) is 24.3 Å². The van der Waals surface area contributed by atoms with Crippen molar-refractivity contribution in [3.05, 3.63) is 47.8 Å². The molecule has 28 heavy (non-hydrogen) atoms. The molecule has 8 nitrogen and oxygen atoms in total. The second-order valence-corrected chi connectivity index (χ2v) is 6.83. The van der Waals surface area contributed by atoms with Crippen molar-refractivity contribution in [2.75, 3.05) is 38.4 Å². The Bertz CT molecular complexity index is 1030. The first-order valence-corrected chi connectivity index (χ1v) is 9.24. The molecule has 2 aliphatic rings. The van der Waals surface area contributed by atoms with Crippen molar-refractivity contribution in [2.24, 2.45) is 0 Å². The van der Waals surface area contributed by atoms with Crippen LogP contribution in [0.25, 0.3) is 11.0 Å². The Morgan fingerprint density at radius 3 is 2.86 bits per heavy atom. The molecule has 3 aromatic rings. The molecule has 3 heterocycles. The summed E-state index contributed by atoms with van der Waals surface area (Å²) in [5.41, 5.74) is 3.00. The number of carbonyl (C=O) groups excluding carboxylic acids is 1. The molecule has 8 heteroatoms. The van der Waals surface area contributed by atoms with Gasteiger partial charge in [0.25, 0.3) is 5.91 Å². The van der Waals surface area contributed by atoms with E-state index in [9.17, 15) is 4.79 Å². The lowest BCUT2D eigenvalue weighted by atomic mass is 10.2. The van der Waals surface area contributed by atoms with Gasteiger partial charge in [-0.05, 0) is 36.4 Å². The number of nitrogens with zero attached hydrogens (tertiary/aromatic N) is 2. The lowest BCUT2D eigenvalue weighted by Gasteiger charge is -2.25. The van der Waals surface area contributed by atoms with E-state index >= 15 is 0 Å². The number of H-pyrrole nitrogens is 1. The molecule has 0 spiro atoms. The molecular weight excluding hydrogens is 360 g/mol. The van der Waals surface area contributed by atoms with Crippen LogP contribution in [0.1, 0.15) is 16.2 Å². The summed E-state index contributed by atoms with van der Waals surface area (Å²) in [5, 5.41) is 2.92. The maximum Gasteiger partial charge on any atom is 0.255 e. The van der Waals surface area contributed by atoms with E-state index in [0.29, 0.717) is 22.7 Å². The number of nitrogens with one attached hydrogen (secondary N) is 2. The maximum absolute atomic E-state index is 12.6. The van der Waals surface area contributed by atoms with E-state index in [4.69, 9.17) is 14.2 Å². The van der Waals surface area contributed by atoms with Crippen molar-refractivity contribution < 1.29 is 19.0 Å². The summed E-state index contributed by atoms with van der Waals surface area (Å²) in [5.74, 6) is 1.95. The average Bonchev–Trinajstić information content (AvgIpc) is 3.34. The van der Waals surface area contributed by atoms with Crippen LogP contribution in [0.3, 0.4) is 0 Å². The first kappa shape index (κ1) is 17.0. The molecule has 0 saturated carbocycles. The summed E-state index contributed by atoms with van der Waals surface area (Å²) >= 11 is 0. The third-order valence-corrected chi connectivity index (χ3v) is 4.90. The van der Waals surface area contributed by atoms with Crippen molar-refractivity contribution in [1.82, 2.24) is 14.9 Å².